The molecule has 1 aliphatic heterocycles. The van der Waals surface area contributed by atoms with Crippen LogP contribution in [0.2, 0.25) is 0 Å². The van der Waals surface area contributed by atoms with Crippen LogP contribution in [0.5, 0.6) is 0 Å². The Morgan fingerprint density at radius 2 is 0.828 bits per heavy atom. The Morgan fingerprint density at radius 3 is 1.25 bits per heavy atom. The number of esters is 1. The summed E-state index contributed by atoms with van der Waals surface area (Å²) in [4.78, 5) is 26.7. The van der Waals surface area contributed by atoms with Crippen molar-refractivity contribution in [3.05, 3.63) is 97.2 Å². The number of nitrogens with one attached hydrogen (secondary N) is 1. The molecule has 87 heavy (non-hydrogen) atoms. The Labute approximate surface area is 533 Å². The molecule has 1 aliphatic rings. The molecule has 11 heteroatoms. The van der Waals surface area contributed by atoms with Gasteiger partial charge < -0.3 is 45.1 Å². The van der Waals surface area contributed by atoms with Gasteiger partial charge in [0.05, 0.1) is 25.4 Å². The number of aliphatic hydroxyl groups is 5. The second-order valence-corrected chi connectivity index (χ2v) is 24.6. The van der Waals surface area contributed by atoms with Gasteiger partial charge in [-0.25, -0.2) is 0 Å². The molecule has 0 bridgehead atoms. The maximum Gasteiger partial charge on any atom is 0.306 e. The maximum absolute atomic E-state index is 13.5. The van der Waals surface area contributed by atoms with E-state index < -0.39 is 67.4 Å². The number of carbonyl (C=O) groups is 2. The van der Waals surface area contributed by atoms with Gasteiger partial charge in [-0.3, -0.25) is 9.59 Å². The Bertz CT molecular complexity index is 1790. The lowest BCUT2D eigenvalue weighted by Gasteiger charge is -2.41. The van der Waals surface area contributed by atoms with E-state index in [4.69, 9.17) is 14.2 Å². The van der Waals surface area contributed by atoms with E-state index in [1.54, 1.807) is 6.08 Å². The summed E-state index contributed by atoms with van der Waals surface area (Å²) in [6, 6.07) is -1.03. The van der Waals surface area contributed by atoms with E-state index in [0.717, 1.165) is 116 Å². The smallest absolute Gasteiger partial charge is 0.306 e. The number of carbonyl (C=O) groups excluding carboxylic acids is 2. The topological polar surface area (TPSA) is 175 Å². The minimum atomic E-state index is -1.62. The summed E-state index contributed by atoms with van der Waals surface area (Å²) in [7, 11) is 0. The summed E-state index contributed by atoms with van der Waals surface area (Å²) >= 11 is 0. The van der Waals surface area contributed by atoms with E-state index in [2.05, 4.69) is 111 Å². The normalized spacial score (nSPS) is 18.8. The lowest BCUT2D eigenvalue weighted by Crippen LogP contribution is -2.61. The maximum atomic E-state index is 13.5. The monoisotopic (exact) mass is 1220 g/mol. The zero-order valence-electron chi connectivity index (χ0n) is 55.9. The Balaban J connectivity index is 2.59. The lowest BCUT2D eigenvalue weighted by molar-refractivity contribution is -0.305. The van der Waals surface area contributed by atoms with Crippen molar-refractivity contribution < 1.29 is 49.3 Å². The van der Waals surface area contributed by atoms with E-state index >= 15 is 0 Å². The Morgan fingerprint density at radius 1 is 0.460 bits per heavy atom. The first-order valence-electron chi connectivity index (χ1n) is 36.0. The summed E-state index contributed by atoms with van der Waals surface area (Å²) in [5, 5.41) is 57.3. The van der Waals surface area contributed by atoms with Crippen LogP contribution in [0.25, 0.3) is 0 Å². The number of amides is 1. The van der Waals surface area contributed by atoms with Gasteiger partial charge in [0.25, 0.3) is 0 Å². The first kappa shape index (κ1) is 81.6. The van der Waals surface area contributed by atoms with Crippen molar-refractivity contribution in [3.63, 3.8) is 0 Å². The molecule has 0 saturated carbocycles. The third-order valence-corrected chi connectivity index (χ3v) is 16.5. The molecule has 0 aromatic heterocycles. The molecule has 8 atom stereocenters. The minimum absolute atomic E-state index is 0.109. The molecule has 1 rings (SSSR count). The predicted molar refractivity (Wildman–Crippen MR) is 365 cm³/mol. The molecule has 0 spiro atoms. The van der Waals surface area contributed by atoms with Gasteiger partial charge >= 0.3 is 5.97 Å². The standard InChI is InChI=1S/C76H133NO10/c1-4-7-10-13-16-19-22-25-27-29-31-32-33-34-35-36-37-38-39-41-43-46-49-52-55-58-61-64-71(81)87-74-73(83)72(82)70(65-78)86-76(74)85-66-67(68(79)62-59-56-53-50-47-44-24-21-18-15-12-9-6-3)77-75(84)69(80)63-60-57-54-51-48-45-42-40-30-28-26-23-20-17-14-11-8-5-2/h7,10,16,19,25-28,31-32,34-35,37-38,59,62,67-70,72-74,76,78-80,82-83H,4-6,8-9,11-15,17-18,20-24,29-30,33,36,39-58,60-61,63-66H2,1-3H3,(H,77,84)/b10-7-,19-16-,27-25-,28-26+,32-31-,35-34-,38-37-,62-59+. The van der Waals surface area contributed by atoms with Crippen molar-refractivity contribution >= 4 is 11.9 Å². The molecule has 11 nitrogen and oxygen atoms in total. The fourth-order valence-corrected chi connectivity index (χ4v) is 10.8. The average Bonchev–Trinajstić information content (AvgIpc) is 2.51. The molecule has 0 radical (unpaired) electrons. The van der Waals surface area contributed by atoms with Crippen LogP contribution in [0.3, 0.4) is 0 Å². The minimum Gasteiger partial charge on any atom is -0.454 e. The summed E-state index contributed by atoms with van der Waals surface area (Å²) in [5.74, 6) is -1.20. The van der Waals surface area contributed by atoms with E-state index in [9.17, 15) is 35.1 Å². The second-order valence-electron chi connectivity index (χ2n) is 24.6. The number of aliphatic hydroxyl groups excluding tert-OH is 5. The van der Waals surface area contributed by atoms with Crippen molar-refractivity contribution in [2.24, 2.45) is 0 Å². The fourth-order valence-electron chi connectivity index (χ4n) is 10.8. The van der Waals surface area contributed by atoms with Gasteiger partial charge in [0.1, 0.15) is 24.4 Å². The van der Waals surface area contributed by atoms with Crippen molar-refractivity contribution in [1.29, 1.82) is 0 Å². The number of allylic oxidation sites excluding steroid dienone is 15. The molecule has 1 amide bonds. The highest BCUT2D eigenvalue weighted by atomic mass is 16.7. The van der Waals surface area contributed by atoms with Crippen LogP contribution in [-0.4, -0.2) is 99.6 Å². The molecule has 8 unspecified atom stereocenters. The zero-order chi connectivity index (χ0) is 63.1. The Hall–Kier alpha value is -3.42. The van der Waals surface area contributed by atoms with Gasteiger partial charge in [0.2, 0.25) is 5.91 Å². The van der Waals surface area contributed by atoms with Crippen LogP contribution < -0.4 is 5.32 Å². The molecular formula is C76H133NO10. The van der Waals surface area contributed by atoms with Gasteiger partial charge in [-0.05, 0) is 103 Å². The van der Waals surface area contributed by atoms with Crippen LogP contribution in [-0.2, 0) is 23.8 Å². The van der Waals surface area contributed by atoms with Crippen LogP contribution in [0.1, 0.15) is 310 Å². The van der Waals surface area contributed by atoms with Crippen molar-refractivity contribution in [2.45, 2.75) is 359 Å². The molecule has 1 heterocycles. The van der Waals surface area contributed by atoms with Gasteiger partial charge in [0, 0.05) is 6.42 Å². The Kier molecular flexibility index (Phi) is 58.9. The highest BCUT2D eigenvalue weighted by molar-refractivity contribution is 5.80. The van der Waals surface area contributed by atoms with Crippen molar-refractivity contribution in [3.8, 4) is 0 Å². The highest BCUT2D eigenvalue weighted by Gasteiger charge is 2.47. The number of unbranched alkanes of at least 4 members (excludes halogenated alkanes) is 33. The summed E-state index contributed by atoms with van der Waals surface area (Å²) in [6.45, 7) is 5.70. The summed E-state index contributed by atoms with van der Waals surface area (Å²) in [5.41, 5.74) is 0. The third kappa shape index (κ3) is 50.0. The zero-order valence-corrected chi connectivity index (χ0v) is 55.9. The first-order valence-corrected chi connectivity index (χ1v) is 36.0. The van der Waals surface area contributed by atoms with E-state index in [1.165, 1.54) is 148 Å². The predicted octanol–water partition coefficient (Wildman–Crippen LogP) is 18.6. The van der Waals surface area contributed by atoms with E-state index in [0.29, 0.717) is 12.8 Å². The SMILES string of the molecule is CC/C=C\C/C=C\C/C=C\C/C=C\C/C=C\C/C=C\CCCCCCCCCCC(=O)OC1C(OCC(NC(=O)C(O)CCCCCCCCCC/C=C/CCCCCCCC)C(O)/C=C/CCCCCCCCCCCCC)OC(CO)C(O)C1O. The number of ether oxygens (including phenoxy) is 3. The molecule has 6 N–H and O–H groups in total. The van der Waals surface area contributed by atoms with Crippen LogP contribution in [0.4, 0.5) is 0 Å². The summed E-state index contributed by atoms with van der Waals surface area (Å²) < 4.78 is 17.7. The first-order chi connectivity index (χ1) is 42.7. The van der Waals surface area contributed by atoms with Gasteiger partial charge in [-0.2, -0.15) is 0 Å². The number of hydrogen-bond donors (Lipinski definition) is 6. The van der Waals surface area contributed by atoms with Crippen LogP contribution >= 0.6 is 0 Å². The molecule has 0 aromatic rings. The second kappa shape index (κ2) is 62.8. The van der Waals surface area contributed by atoms with Crippen molar-refractivity contribution in [1.82, 2.24) is 5.32 Å². The molecule has 0 aromatic carbocycles. The number of rotatable bonds is 61. The van der Waals surface area contributed by atoms with Crippen LogP contribution in [0, 0.1) is 0 Å². The molecule has 0 aliphatic carbocycles. The third-order valence-electron chi connectivity index (χ3n) is 16.5. The molecule has 1 fully saturated rings. The lowest BCUT2D eigenvalue weighted by atomic mass is 9.99. The molecule has 1 saturated heterocycles. The number of hydrogen-bond acceptors (Lipinski definition) is 10. The van der Waals surface area contributed by atoms with Gasteiger partial charge in [-0.15, -0.1) is 0 Å². The average molecular weight is 1220 g/mol. The largest absolute Gasteiger partial charge is 0.454 e. The fraction of sp³-hybridized carbons (Fsp3) is 0.763. The quantitative estimate of drug-likeness (QED) is 0.0195. The van der Waals surface area contributed by atoms with Crippen molar-refractivity contribution in [2.75, 3.05) is 13.2 Å². The van der Waals surface area contributed by atoms with Gasteiger partial charge in [-0.1, -0.05) is 298 Å². The molecule has 502 valence electrons. The summed E-state index contributed by atoms with van der Waals surface area (Å²) in [6.07, 6.45) is 74.4. The highest BCUT2D eigenvalue weighted by Crippen LogP contribution is 2.26. The molecular weight excluding hydrogens is 1090 g/mol. The van der Waals surface area contributed by atoms with E-state index in [-0.39, 0.29) is 19.4 Å². The van der Waals surface area contributed by atoms with Crippen LogP contribution in [0.15, 0.2) is 97.2 Å². The van der Waals surface area contributed by atoms with Gasteiger partial charge in [0.15, 0.2) is 12.4 Å². The van der Waals surface area contributed by atoms with E-state index in [1.807, 2.05) is 6.08 Å².